The molecule has 154 valence electrons. The van der Waals surface area contributed by atoms with E-state index in [0.717, 1.165) is 32.3 Å². The van der Waals surface area contributed by atoms with Crippen molar-refractivity contribution in [3.8, 4) is 22.9 Å². The molecule has 1 aromatic carbocycles. The molecule has 4 aromatic rings. The van der Waals surface area contributed by atoms with Gasteiger partial charge in [-0.25, -0.2) is 0 Å². The average molecular weight is 487 g/mol. The summed E-state index contributed by atoms with van der Waals surface area (Å²) in [7, 11) is 3.25. The zero-order valence-electron chi connectivity index (χ0n) is 16.4. The molecule has 0 N–H and O–H groups in total. The van der Waals surface area contributed by atoms with E-state index in [-0.39, 0.29) is 0 Å². The molecule has 3 aromatic heterocycles. The Labute approximate surface area is 186 Å². The van der Waals surface area contributed by atoms with Gasteiger partial charge in [-0.05, 0) is 42.0 Å². The molecule has 0 saturated heterocycles. The van der Waals surface area contributed by atoms with Gasteiger partial charge in [-0.2, -0.15) is 0 Å². The normalized spacial score (nSPS) is 10.9. The van der Waals surface area contributed by atoms with E-state index in [1.54, 1.807) is 44.6 Å². The van der Waals surface area contributed by atoms with Gasteiger partial charge in [0.05, 0.1) is 27.0 Å². The Hall–Kier alpha value is -2.78. The van der Waals surface area contributed by atoms with E-state index in [2.05, 4.69) is 31.1 Å². The van der Waals surface area contributed by atoms with E-state index < -0.39 is 0 Å². The monoisotopic (exact) mass is 486 g/mol. The van der Waals surface area contributed by atoms with E-state index in [0.29, 0.717) is 23.8 Å². The summed E-state index contributed by atoms with van der Waals surface area (Å²) in [5, 5.41) is 9.63. The predicted molar refractivity (Wildman–Crippen MR) is 118 cm³/mol. The van der Waals surface area contributed by atoms with Gasteiger partial charge in [-0.1, -0.05) is 27.7 Å². The Kier molecular flexibility index (Phi) is 6.39. The number of methoxy groups -OCH3 is 2. The molecule has 0 amide bonds. The number of ether oxygens (including phenoxy) is 2. The fourth-order valence-corrected chi connectivity index (χ4v) is 4.53. The van der Waals surface area contributed by atoms with Crippen molar-refractivity contribution < 1.29 is 13.9 Å². The molecule has 0 aliphatic carbocycles. The van der Waals surface area contributed by atoms with Crippen LogP contribution in [0.3, 0.4) is 0 Å². The van der Waals surface area contributed by atoms with Crippen molar-refractivity contribution in [1.82, 2.24) is 19.7 Å². The summed E-state index contributed by atoms with van der Waals surface area (Å²) in [5.74, 6) is 3.61. The summed E-state index contributed by atoms with van der Waals surface area (Å²) in [6.45, 7) is 0.527. The fraction of sp³-hybridized carbons (Fsp3) is 0.190. The van der Waals surface area contributed by atoms with Crippen LogP contribution in [0.25, 0.3) is 11.4 Å². The average Bonchev–Trinajstić information content (AvgIpc) is 3.43. The lowest BCUT2D eigenvalue weighted by Crippen LogP contribution is -2.03. The number of pyridine rings is 1. The van der Waals surface area contributed by atoms with Crippen molar-refractivity contribution in [2.24, 2.45) is 0 Å². The third kappa shape index (κ3) is 4.36. The fourth-order valence-electron chi connectivity index (χ4n) is 2.95. The Morgan fingerprint density at radius 3 is 2.63 bits per heavy atom. The zero-order chi connectivity index (χ0) is 20.9. The highest BCUT2D eigenvalue weighted by Gasteiger charge is 2.17. The molecule has 0 aliphatic rings. The zero-order valence-corrected chi connectivity index (χ0v) is 18.8. The molecule has 9 heteroatoms. The van der Waals surface area contributed by atoms with Gasteiger partial charge in [-0.3, -0.25) is 9.55 Å². The number of nitrogens with zero attached hydrogens (tertiary/aromatic N) is 4. The van der Waals surface area contributed by atoms with Crippen molar-refractivity contribution in [3.63, 3.8) is 0 Å². The van der Waals surface area contributed by atoms with Gasteiger partial charge >= 0.3 is 0 Å². The minimum Gasteiger partial charge on any atom is -0.493 e. The molecule has 0 saturated carbocycles. The van der Waals surface area contributed by atoms with Crippen molar-refractivity contribution >= 4 is 27.7 Å². The van der Waals surface area contributed by atoms with E-state index in [4.69, 9.17) is 13.9 Å². The van der Waals surface area contributed by atoms with Crippen LogP contribution in [0.15, 0.2) is 69.1 Å². The van der Waals surface area contributed by atoms with E-state index in [1.165, 1.54) is 0 Å². The molecule has 4 rings (SSSR count). The summed E-state index contributed by atoms with van der Waals surface area (Å²) < 4.78 is 19.3. The first kappa shape index (κ1) is 20.5. The van der Waals surface area contributed by atoms with Crippen LogP contribution in [0.2, 0.25) is 0 Å². The first-order valence-corrected chi connectivity index (χ1v) is 10.9. The van der Waals surface area contributed by atoms with Crippen LogP contribution in [-0.4, -0.2) is 34.0 Å². The number of aromatic nitrogens is 4. The number of thioether (sulfide) groups is 1. The highest BCUT2D eigenvalue weighted by Crippen LogP contribution is 2.36. The van der Waals surface area contributed by atoms with Crippen LogP contribution in [0, 0.1) is 0 Å². The number of hydrogen-bond acceptors (Lipinski definition) is 7. The molecule has 0 atom stereocenters. The van der Waals surface area contributed by atoms with Crippen LogP contribution >= 0.6 is 27.7 Å². The maximum absolute atomic E-state index is 5.55. The molecular weight excluding hydrogens is 468 g/mol. The largest absolute Gasteiger partial charge is 0.493 e. The maximum Gasteiger partial charge on any atom is 0.192 e. The number of benzene rings is 1. The molecule has 0 radical (unpaired) electrons. The van der Waals surface area contributed by atoms with Crippen LogP contribution in [0.1, 0.15) is 11.3 Å². The third-order valence-corrected chi connectivity index (χ3v) is 6.19. The van der Waals surface area contributed by atoms with Crippen LogP contribution in [0.5, 0.6) is 11.5 Å². The predicted octanol–water partition coefficient (Wildman–Crippen LogP) is 5.05. The Morgan fingerprint density at radius 2 is 1.93 bits per heavy atom. The summed E-state index contributed by atoms with van der Waals surface area (Å²) in [6.07, 6.45) is 5.18. The lowest BCUT2D eigenvalue weighted by atomic mass is 10.2. The summed E-state index contributed by atoms with van der Waals surface area (Å²) in [5.41, 5.74) is 1.96. The molecule has 0 fully saturated rings. The van der Waals surface area contributed by atoms with Crippen molar-refractivity contribution in [1.29, 1.82) is 0 Å². The van der Waals surface area contributed by atoms with Crippen LogP contribution < -0.4 is 9.47 Å². The highest BCUT2D eigenvalue weighted by atomic mass is 79.9. The lowest BCUT2D eigenvalue weighted by Gasteiger charge is -2.12. The van der Waals surface area contributed by atoms with Crippen molar-refractivity contribution in [2.75, 3.05) is 14.2 Å². The summed E-state index contributed by atoms with van der Waals surface area (Å²) >= 11 is 5.20. The topological polar surface area (TPSA) is 75.2 Å². The Bertz CT molecular complexity index is 1120. The van der Waals surface area contributed by atoms with E-state index in [9.17, 15) is 0 Å². The van der Waals surface area contributed by atoms with Gasteiger partial charge < -0.3 is 13.9 Å². The standard InChI is InChI=1S/C21H19BrN4O3S/c1-27-18-9-15(17(22)10-19(18)28-2)13-30-21-25-24-20(14-5-3-7-23-11-14)26(21)12-16-6-4-8-29-16/h3-11H,12-13H2,1-2H3. The Balaban J connectivity index is 1.64. The first-order chi connectivity index (χ1) is 14.7. The first-order valence-electron chi connectivity index (χ1n) is 9.08. The molecule has 3 heterocycles. The van der Waals surface area contributed by atoms with Crippen molar-refractivity contribution in [3.05, 3.63) is 70.9 Å². The maximum atomic E-state index is 5.55. The summed E-state index contributed by atoms with van der Waals surface area (Å²) in [6, 6.07) is 11.5. The highest BCUT2D eigenvalue weighted by molar-refractivity contribution is 9.10. The minimum atomic E-state index is 0.527. The molecule has 7 nitrogen and oxygen atoms in total. The molecular formula is C21H19BrN4O3S. The lowest BCUT2D eigenvalue weighted by molar-refractivity contribution is 0.354. The molecule has 0 spiro atoms. The van der Waals surface area contributed by atoms with Crippen LogP contribution in [-0.2, 0) is 12.3 Å². The molecule has 0 aliphatic heterocycles. The van der Waals surface area contributed by atoms with Gasteiger partial charge in [0.1, 0.15) is 5.76 Å². The second kappa shape index (κ2) is 9.36. The number of halogens is 1. The minimum absolute atomic E-state index is 0.527. The second-order valence-corrected chi connectivity index (χ2v) is 8.10. The summed E-state index contributed by atoms with van der Waals surface area (Å²) in [4.78, 5) is 4.21. The van der Waals surface area contributed by atoms with Gasteiger partial charge in [0.2, 0.25) is 0 Å². The smallest absolute Gasteiger partial charge is 0.192 e. The number of rotatable bonds is 8. The third-order valence-electron chi connectivity index (χ3n) is 4.44. The number of hydrogen-bond donors (Lipinski definition) is 0. The van der Waals surface area contributed by atoms with Crippen LogP contribution in [0.4, 0.5) is 0 Å². The quantitative estimate of drug-likeness (QED) is 0.322. The van der Waals surface area contributed by atoms with Gasteiger partial charge in [0.25, 0.3) is 0 Å². The van der Waals surface area contributed by atoms with E-state index in [1.807, 2.05) is 41.0 Å². The number of furan rings is 1. The van der Waals surface area contributed by atoms with Gasteiger partial charge in [-0.15, -0.1) is 10.2 Å². The van der Waals surface area contributed by atoms with Gasteiger partial charge in [0.15, 0.2) is 22.5 Å². The molecule has 30 heavy (non-hydrogen) atoms. The Morgan fingerprint density at radius 1 is 1.10 bits per heavy atom. The van der Waals surface area contributed by atoms with Gasteiger partial charge in [0, 0.05) is 28.2 Å². The second-order valence-electron chi connectivity index (χ2n) is 6.30. The molecule has 0 bridgehead atoms. The molecule has 0 unspecified atom stereocenters. The van der Waals surface area contributed by atoms with Crippen molar-refractivity contribution in [2.45, 2.75) is 17.5 Å². The van der Waals surface area contributed by atoms with E-state index >= 15 is 0 Å². The SMILES string of the molecule is COc1cc(Br)c(CSc2nnc(-c3cccnc3)n2Cc2ccco2)cc1OC.